The molecule has 1 aromatic rings. The second-order valence-corrected chi connectivity index (χ2v) is 11.1. The number of nitrogens with zero attached hydrogens (tertiary/aromatic N) is 3. The number of thioether (sulfide) groups is 1. The fraction of sp³-hybridized carbons (Fsp3) is 0.542. The number of aliphatic hydroxyl groups is 1. The molecule has 0 bridgehead atoms. The van der Waals surface area contributed by atoms with E-state index in [4.69, 9.17) is 0 Å². The van der Waals surface area contributed by atoms with Crippen molar-refractivity contribution in [2.24, 2.45) is 11.8 Å². The zero-order valence-electron chi connectivity index (χ0n) is 20.2. The Hall–Kier alpha value is -2.57. The number of aliphatic carboxylic acids is 1. The monoisotopic (exact) mass is 527 g/mol. The molecule has 196 valence electrons. The van der Waals surface area contributed by atoms with Crippen LogP contribution in [0.4, 0.5) is 13.2 Å². The summed E-state index contributed by atoms with van der Waals surface area (Å²) in [6.07, 6.45) is -0.607. The van der Waals surface area contributed by atoms with Gasteiger partial charge in [0, 0.05) is 54.9 Å². The maximum absolute atomic E-state index is 14.4. The van der Waals surface area contributed by atoms with Gasteiger partial charge < -0.3 is 20.0 Å². The lowest BCUT2D eigenvalue weighted by atomic mass is 9.79. The molecule has 1 aromatic carbocycles. The van der Waals surface area contributed by atoms with Crippen molar-refractivity contribution >= 4 is 29.5 Å². The van der Waals surface area contributed by atoms with Crippen LogP contribution in [0.3, 0.4) is 0 Å². The van der Waals surface area contributed by atoms with E-state index in [1.807, 2.05) is 6.92 Å². The van der Waals surface area contributed by atoms with Crippen molar-refractivity contribution in [3.63, 3.8) is 0 Å². The third-order valence-electron chi connectivity index (χ3n) is 7.16. The van der Waals surface area contributed by atoms with E-state index >= 15 is 0 Å². The molecule has 3 heterocycles. The van der Waals surface area contributed by atoms with Gasteiger partial charge >= 0.3 is 5.97 Å². The van der Waals surface area contributed by atoms with Crippen LogP contribution in [0, 0.1) is 29.3 Å². The molecule has 0 spiro atoms. The Balaban J connectivity index is 1.60. The fourth-order valence-corrected chi connectivity index (χ4v) is 6.99. The molecule has 0 radical (unpaired) electrons. The van der Waals surface area contributed by atoms with Crippen molar-refractivity contribution in [1.29, 1.82) is 0 Å². The van der Waals surface area contributed by atoms with Crippen LogP contribution in [0.15, 0.2) is 22.7 Å². The summed E-state index contributed by atoms with van der Waals surface area (Å²) >= 11 is 1.26. The van der Waals surface area contributed by atoms with Gasteiger partial charge in [0.25, 0.3) is 0 Å². The Morgan fingerprint density at radius 3 is 2.42 bits per heavy atom. The molecule has 2 amide bonds. The van der Waals surface area contributed by atoms with Gasteiger partial charge in [0.15, 0.2) is 11.6 Å². The van der Waals surface area contributed by atoms with Gasteiger partial charge in [-0.3, -0.25) is 14.5 Å². The fourth-order valence-electron chi connectivity index (χ4n) is 5.44. The van der Waals surface area contributed by atoms with Crippen LogP contribution in [0.5, 0.6) is 0 Å². The summed E-state index contributed by atoms with van der Waals surface area (Å²) < 4.78 is 41.5. The van der Waals surface area contributed by atoms with Gasteiger partial charge in [-0.2, -0.15) is 0 Å². The van der Waals surface area contributed by atoms with Crippen LogP contribution in [0.1, 0.15) is 25.8 Å². The van der Waals surface area contributed by atoms with Crippen LogP contribution < -0.4 is 0 Å². The van der Waals surface area contributed by atoms with E-state index in [1.54, 1.807) is 19.0 Å². The summed E-state index contributed by atoms with van der Waals surface area (Å²) in [4.78, 5) is 42.4. The number of carboxylic acids is 1. The van der Waals surface area contributed by atoms with E-state index in [9.17, 15) is 37.8 Å². The molecule has 8 nitrogen and oxygen atoms in total. The number of likely N-dealkylation sites (tertiary alicyclic amines) is 1. The van der Waals surface area contributed by atoms with Gasteiger partial charge in [-0.05, 0) is 19.4 Å². The third kappa shape index (κ3) is 4.39. The maximum Gasteiger partial charge on any atom is 0.353 e. The normalized spacial score (nSPS) is 28.8. The zero-order chi connectivity index (χ0) is 26.6. The van der Waals surface area contributed by atoms with Gasteiger partial charge in [0.1, 0.15) is 11.5 Å². The number of hydrogen-bond donors (Lipinski definition) is 2. The number of fused-ring (bicyclic) bond motifs is 1. The highest BCUT2D eigenvalue weighted by molar-refractivity contribution is 8.03. The Kier molecular flexibility index (Phi) is 7.15. The largest absolute Gasteiger partial charge is 0.477 e. The smallest absolute Gasteiger partial charge is 0.353 e. The molecule has 2 saturated heterocycles. The highest BCUT2D eigenvalue weighted by atomic mass is 32.2. The number of aliphatic hydroxyl groups excluding tert-OH is 1. The van der Waals surface area contributed by atoms with E-state index in [2.05, 4.69) is 0 Å². The van der Waals surface area contributed by atoms with Crippen molar-refractivity contribution in [2.45, 2.75) is 50.3 Å². The number of rotatable bonds is 7. The van der Waals surface area contributed by atoms with Gasteiger partial charge in [0.2, 0.25) is 11.8 Å². The summed E-state index contributed by atoms with van der Waals surface area (Å²) in [5, 5.41) is 19.6. The molecule has 3 aliphatic rings. The molecule has 3 aliphatic heterocycles. The molecule has 4 rings (SSSR count). The van der Waals surface area contributed by atoms with E-state index in [0.29, 0.717) is 17.4 Å². The summed E-state index contributed by atoms with van der Waals surface area (Å²) in [5.41, 5.74) is -0.203. The number of likely N-dealkylation sites (N-methyl/N-ethyl adjacent to an activating group) is 1. The number of carboxylic acid groups (broad SMARTS) is 1. The van der Waals surface area contributed by atoms with Crippen molar-refractivity contribution < 1.29 is 37.8 Å². The van der Waals surface area contributed by atoms with Crippen LogP contribution in [0.25, 0.3) is 0 Å². The SMILES string of the molecule is C[C@@H](O)[C@H]1C(=O)N2C(C(=O)O)=C(S[C@H]3C[C@@H](C(=O)N(C)C)N(Cc4cc(F)c(F)cc4F)C3)[C@H](C)[C@H]12. The molecule has 0 saturated carbocycles. The molecule has 2 fully saturated rings. The quantitative estimate of drug-likeness (QED) is 0.413. The van der Waals surface area contributed by atoms with Gasteiger partial charge in [-0.1, -0.05) is 6.92 Å². The molecule has 0 aliphatic carbocycles. The second-order valence-electron chi connectivity index (χ2n) is 9.78. The standard InChI is InChI=1S/C24H28F3N3O5S/c1-10-19-18(11(2)31)23(33)30(19)20(24(34)35)21(10)36-13-6-17(22(32)28(3)4)29(9-13)8-12-5-15(26)16(27)7-14(12)25/h5,7,10-11,13,17-19,31H,6,8-9H2,1-4H3,(H,34,35)/t10-,11-,13+,17+,18-,19-/m1/s1. The summed E-state index contributed by atoms with van der Waals surface area (Å²) in [5.74, 6) is -6.36. The first-order valence-electron chi connectivity index (χ1n) is 11.6. The minimum atomic E-state index is -1.30. The molecular weight excluding hydrogens is 499 g/mol. The predicted molar refractivity (Wildman–Crippen MR) is 125 cm³/mol. The summed E-state index contributed by atoms with van der Waals surface area (Å²) in [6.45, 7) is 3.43. The first-order valence-corrected chi connectivity index (χ1v) is 12.4. The molecule has 36 heavy (non-hydrogen) atoms. The van der Waals surface area contributed by atoms with E-state index in [1.165, 1.54) is 28.5 Å². The predicted octanol–water partition coefficient (Wildman–Crippen LogP) is 2.02. The number of amides is 2. The number of benzene rings is 1. The summed E-state index contributed by atoms with van der Waals surface area (Å²) in [7, 11) is 3.16. The van der Waals surface area contributed by atoms with Crippen LogP contribution in [0.2, 0.25) is 0 Å². The molecule has 0 aromatic heterocycles. The van der Waals surface area contributed by atoms with E-state index < -0.39 is 53.4 Å². The van der Waals surface area contributed by atoms with Crippen LogP contribution >= 0.6 is 11.8 Å². The van der Waals surface area contributed by atoms with Crippen molar-refractivity contribution in [3.05, 3.63) is 45.8 Å². The lowest BCUT2D eigenvalue weighted by molar-refractivity contribution is -0.163. The topological polar surface area (TPSA) is 101 Å². The van der Waals surface area contributed by atoms with Crippen molar-refractivity contribution in [1.82, 2.24) is 14.7 Å². The zero-order valence-corrected chi connectivity index (χ0v) is 21.1. The van der Waals surface area contributed by atoms with Gasteiger partial charge in [-0.25, -0.2) is 18.0 Å². The summed E-state index contributed by atoms with van der Waals surface area (Å²) in [6, 6.07) is 0.109. The van der Waals surface area contributed by atoms with E-state index in [0.717, 1.165) is 6.07 Å². The molecular formula is C24H28F3N3O5S. The van der Waals surface area contributed by atoms with Gasteiger partial charge in [-0.15, -0.1) is 11.8 Å². The third-order valence-corrected chi connectivity index (χ3v) is 8.65. The lowest BCUT2D eigenvalue weighted by Crippen LogP contribution is -2.63. The highest BCUT2D eigenvalue weighted by Gasteiger charge is 2.60. The van der Waals surface area contributed by atoms with Gasteiger partial charge in [0.05, 0.1) is 24.1 Å². The van der Waals surface area contributed by atoms with Crippen LogP contribution in [-0.2, 0) is 20.9 Å². The Morgan fingerprint density at radius 2 is 1.83 bits per heavy atom. The first-order chi connectivity index (χ1) is 16.8. The number of carbonyl (C=O) groups is 3. The lowest BCUT2D eigenvalue weighted by Gasteiger charge is -2.46. The average Bonchev–Trinajstić information content (AvgIpc) is 3.28. The Labute approximate surface area is 210 Å². The molecule has 0 unspecified atom stereocenters. The maximum atomic E-state index is 14.4. The molecule has 2 N–H and O–H groups in total. The van der Waals surface area contributed by atoms with E-state index in [-0.39, 0.29) is 41.4 Å². The van der Waals surface area contributed by atoms with Crippen LogP contribution in [-0.4, -0.2) is 86.8 Å². The Bertz CT molecular complexity index is 1140. The average molecular weight is 528 g/mol. The minimum Gasteiger partial charge on any atom is -0.477 e. The number of hydrogen-bond acceptors (Lipinski definition) is 6. The van der Waals surface area contributed by atoms with Crippen molar-refractivity contribution in [2.75, 3.05) is 20.6 Å². The molecule has 12 heteroatoms. The number of carbonyl (C=O) groups excluding carboxylic acids is 2. The van der Waals surface area contributed by atoms with Crippen molar-refractivity contribution in [3.8, 4) is 0 Å². The Morgan fingerprint density at radius 1 is 1.19 bits per heavy atom. The highest BCUT2D eigenvalue weighted by Crippen LogP contribution is 2.52. The first kappa shape index (κ1) is 26.5. The number of β-lactam (4-membered cyclic amide) rings is 1. The number of halogens is 3. The second kappa shape index (κ2) is 9.71. The minimum absolute atomic E-state index is 0.0923. The molecule has 6 atom stereocenters.